The summed E-state index contributed by atoms with van der Waals surface area (Å²) in [6.45, 7) is 3.40. The Hall–Kier alpha value is -1.11. The highest BCUT2D eigenvalue weighted by Gasteiger charge is 2.18. The van der Waals surface area contributed by atoms with Crippen molar-refractivity contribution in [2.45, 2.75) is 0 Å². The van der Waals surface area contributed by atoms with Crippen LogP contribution in [0.2, 0.25) is 0 Å². The highest BCUT2D eigenvalue weighted by atomic mass is 35.5. The summed E-state index contributed by atoms with van der Waals surface area (Å²) in [6, 6.07) is 2.30. The Bertz CT molecular complexity index is 429. The molecule has 0 aliphatic carbocycles. The molecule has 2 rings (SSSR count). The molecule has 1 aliphatic rings. The molecule has 0 unspecified atom stereocenters. The molecule has 1 aliphatic heterocycles. The summed E-state index contributed by atoms with van der Waals surface area (Å²) in [5.41, 5.74) is 0.290. The SMILES string of the molecule is COCCOc1cc(F)c(N2CCNCC2)cc1F.Cl. The molecule has 1 aromatic rings. The second-order valence-corrected chi connectivity index (χ2v) is 4.31. The number of piperazine rings is 1. The average Bonchev–Trinajstić information content (AvgIpc) is 2.43. The molecular weight excluding hydrogens is 290 g/mol. The number of hydrogen-bond acceptors (Lipinski definition) is 4. The lowest BCUT2D eigenvalue weighted by Crippen LogP contribution is -2.43. The van der Waals surface area contributed by atoms with Gasteiger partial charge < -0.3 is 19.7 Å². The Labute approximate surface area is 123 Å². The van der Waals surface area contributed by atoms with E-state index in [2.05, 4.69) is 5.32 Å². The lowest BCUT2D eigenvalue weighted by Gasteiger charge is -2.29. The average molecular weight is 309 g/mol. The molecule has 0 amide bonds. The van der Waals surface area contributed by atoms with Gasteiger partial charge in [-0.15, -0.1) is 12.4 Å². The molecule has 1 heterocycles. The van der Waals surface area contributed by atoms with Crippen LogP contribution in [0.5, 0.6) is 5.75 Å². The lowest BCUT2D eigenvalue weighted by molar-refractivity contribution is 0.143. The second kappa shape index (κ2) is 8.24. The number of hydrogen-bond donors (Lipinski definition) is 1. The third-order valence-electron chi connectivity index (χ3n) is 3.00. The number of anilines is 1. The predicted molar refractivity (Wildman–Crippen MR) is 76.1 cm³/mol. The van der Waals surface area contributed by atoms with E-state index >= 15 is 0 Å². The van der Waals surface area contributed by atoms with Crippen molar-refractivity contribution in [1.29, 1.82) is 0 Å². The monoisotopic (exact) mass is 308 g/mol. The summed E-state index contributed by atoms with van der Waals surface area (Å²) >= 11 is 0. The van der Waals surface area contributed by atoms with Crippen LogP contribution in [0, 0.1) is 11.6 Å². The zero-order chi connectivity index (χ0) is 13.7. The number of nitrogens with one attached hydrogen (secondary N) is 1. The Morgan fingerprint density at radius 3 is 2.50 bits per heavy atom. The van der Waals surface area contributed by atoms with E-state index in [1.165, 1.54) is 13.2 Å². The minimum atomic E-state index is -0.550. The van der Waals surface area contributed by atoms with Crippen molar-refractivity contribution in [3.8, 4) is 5.75 Å². The maximum atomic E-state index is 14.0. The van der Waals surface area contributed by atoms with Crippen molar-refractivity contribution in [3.63, 3.8) is 0 Å². The first kappa shape index (κ1) is 16.9. The minimum absolute atomic E-state index is 0. The van der Waals surface area contributed by atoms with Crippen LogP contribution < -0.4 is 15.0 Å². The fourth-order valence-corrected chi connectivity index (χ4v) is 2.01. The molecule has 1 aromatic carbocycles. The van der Waals surface area contributed by atoms with Gasteiger partial charge in [0, 0.05) is 45.4 Å². The third kappa shape index (κ3) is 4.19. The van der Waals surface area contributed by atoms with Gasteiger partial charge in [0.15, 0.2) is 11.6 Å². The summed E-state index contributed by atoms with van der Waals surface area (Å²) in [6.07, 6.45) is 0. The summed E-state index contributed by atoms with van der Waals surface area (Å²) in [7, 11) is 1.52. The Morgan fingerprint density at radius 2 is 1.85 bits per heavy atom. The van der Waals surface area contributed by atoms with Crippen LogP contribution in [0.4, 0.5) is 14.5 Å². The van der Waals surface area contributed by atoms with E-state index in [9.17, 15) is 8.78 Å². The molecule has 1 saturated heterocycles. The van der Waals surface area contributed by atoms with Crippen molar-refractivity contribution >= 4 is 18.1 Å². The number of methoxy groups -OCH3 is 1. The molecule has 20 heavy (non-hydrogen) atoms. The van der Waals surface area contributed by atoms with E-state index < -0.39 is 11.6 Å². The van der Waals surface area contributed by atoms with Gasteiger partial charge in [-0.1, -0.05) is 0 Å². The molecule has 1 N–H and O–H groups in total. The highest BCUT2D eigenvalue weighted by molar-refractivity contribution is 5.85. The number of nitrogens with zero attached hydrogens (tertiary/aromatic N) is 1. The van der Waals surface area contributed by atoms with Gasteiger partial charge in [0.2, 0.25) is 0 Å². The Morgan fingerprint density at radius 1 is 1.15 bits per heavy atom. The van der Waals surface area contributed by atoms with Gasteiger partial charge in [0.1, 0.15) is 12.4 Å². The molecule has 0 atom stereocenters. The van der Waals surface area contributed by atoms with Crippen molar-refractivity contribution < 1.29 is 18.3 Å². The van der Waals surface area contributed by atoms with Crippen LogP contribution in [-0.2, 0) is 4.74 Å². The van der Waals surface area contributed by atoms with E-state index in [0.717, 1.165) is 19.2 Å². The minimum Gasteiger partial charge on any atom is -0.488 e. The van der Waals surface area contributed by atoms with Gasteiger partial charge in [0.25, 0.3) is 0 Å². The summed E-state index contributed by atoms with van der Waals surface area (Å²) in [5.74, 6) is -1.09. The van der Waals surface area contributed by atoms with Crippen LogP contribution in [0.3, 0.4) is 0 Å². The van der Waals surface area contributed by atoms with Gasteiger partial charge in [-0.2, -0.15) is 0 Å². The number of halogens is 3. The molecule has 114 valence electrons. The highest BCUT2D eigenvalue weighted by Crippen LogP contribution is 2.27. The van der Waals surface area contributed by atoms with E-state index in [1.807, 2.05) is 4.90 Å². The fourth-order valence-electron chi connectivity index (χ4n) is 2.01. The first-order valence-corrected chi connectivity index (χ1v) is 6.29. The summed E-state index contributed by atoms with van der Waals surface area (Å²) < 4.78 is 37.7. The van der Waals surface area contributed by atoms with Crippen LogP contribution >= 0.6 is 12.4 Å². The number of ether oxygens (including phenoxy) is 2. The smallest absolute Gasteiger partial charge is 0.167 e. The summed E-state index contributed by atoms with van der Waals surface area (Å²) in [4.78, 5) is 1.83. The molecule has 7 heteroatoms. The lowest BCUT2D eigenvalue weighted by atomic mass is 10.2. The van der Waals surface area contributed by atoms with Crippen LogP contribution in [-0.4, -0.2) is 46.5 Å². The third-order valence-corrected chi connectivity index (χ3v) is 3.00. The molecular formula is C13H19ClF2N2O2. The zero-order valence-electron chi connectivity index (χ0n) is 11.3. The number of rotatable bonds is 5. The quantitative estimate of drug-likeness (QED) is 0.841. The molecule has 0 spiro atoms. The number of benzene rings is 1. The van der Waals surface area contributed by atoms with Gasteiger partial charge in [-0.3, -0.25) is 0 Å². The van der Waals surface area contributed by atoms with Crippen molar-refractivity contribution in [3.05, 3.63) is 23.8 Å². The standard InChI is InChI=1S/C13H18F2N2O2.ClH/c1-18-6-7-19-13-9-10(14)12(8-11(13)15)17-4-2-16-3-5-17;/h8-9,16H,2-7H2,1H3;1H. The van der Waals surface area contributed by atoms with Crippen molar-refractivity contribution in [2.24, 2.45) is 0 Å². The molecule has 0 saturated carbocycles. The zero-order valence-corrected chi connectivity index (χ0v) is 12.1. The van der Waals surface area contributed by atoms with E-state index in [4.69, 9.17) is 9.47 Å². The van der Waals surface area contributed by atoms with E-state index in [1.54, 1.807) is 0 Å². The van der Waals surface area contributed by atoms with Gasteiger partial charge in [-0.25, -0.2) is 8.78 Å². The van der Waals surface area contributed by atoms with Crippen molar-refractivity contribution in [2.75, 3.05) is 51.4 Å². The largest absolute Gasteiger partial charge is 0.488 e. The normalized spacial score (nSPS) is 14.8. The first-order chi connectivity index (χ1) is 9.22. The summed E-state index contributed by atoms with van der Waals surface area (Å²) in [5, 5.41) is 3.17. The fraction of sp³-hybridized carbons (Fsp3) is 0.538. The second-order valence-electron chi connectivity index (χ2n) is 4.31. The van der Waals surface area contributed by atoms with Gasteiger partial charge >= 0.3 is 0 Å². The van der Waals surface area contributed by atoms with E-state index in [0.29, 0.717) is 19.7 Å². The van der Waals surface area contributed by atoms with Gasteiger partial charge in [0.05, 0.1) is 12.3 Å². The predicted octanol–water partition coefficient (Wildman–Crippen LogP) is 1.82. The first-order valence-electron chi connectivity index (χ1n) is 6.29. The maximum absolute atomic E-state index is 14.0. The Kier molecular flexibility index (Phi) is 6.98. The topological polar surface area (TPSA) is 33.7 Å². The van der Waals surface area contributed by atoms with Crippen molar-refractivity contribution in [1.82, 2.24) is 5.32 Å². The molecule has 0 bridgehead atoms. The van der Waals surface area contributed by atoms with Crippen LogP contribution in [0.1, 0.15) is 0 Å². The van der Waals surface area contributed by atoms with Gasteiger partial charge in [-0.05, 0) is 0 Å². The molecule has 1 fully saturated rings. The maximum Gasteiger partial charge on any atom is 0.167 e. The van der Waals surface area contributed by atoms with E-state index in [-0.39, 0.29) is 30.5 Å². The van der Waals surface area contributed by atoms with Crippen LogP contribution in [0.25, 0.3) is 0 Å². The molecule has 0 radical (unpaired) electrons. The molecule has 0 aromatic heterocycles. The van der Waals surface area contributed by atoms with Crippen LogP contribution in [0.15, 0.2) is 12.1 Å². The Balaban J connectivity index is 0.00000200. The molecule has 4 nitrogen and oxygen atoms in total.